The Balaban J connectivity index is 1.48. The molecule has 2 N–H and O–H groups in total. The molecule has 0 atom stereocenters. The van der Waals surface area contributed by atoms with E-state index in [1.165, 1.54) is 0 Å². The molecule has 31 heavy (non-hydrogen) atoms. The molecule has 0 aliphatic rings. The van der Waals surface area contributed by atoms with Gasteiger partial charge in [0.25, 0.3) is 5.91 Å². The number of carbonyl (C=O) groups is 1. The SMILES string of the molecule is COc1ccc2oc(-c3cccc(NC(=S)NC(=O)c4ccc(C)c(C)c4)c3)nc2c1. The second kappa shape index (κ2) is 8.57. The van der Waals surface area contributed by atoms with Crippen molar-refractivity contribution < 1.29 is 13.9 Å². The van der Waals surface area contributed by atoms with Crippen LogP contribution in [0, 0.1) is 13.8 Å². The van der Waals surface area contributed by atoms with Crippen LogP contribution in [0.3, 0.4) is 0 Å². The molecular formula is C24H21N3O3S. The van der Waals surface area contributed by atoms with E-state index in [1.54, 1.807) is 13.2 Å². The number of aromatic nitrogens is 1. The highest BCUT2D eigenvalue weighted by atomic mass is 32.1. The molecule has 0 radical (unpaired) electrons. The summed E-state index contributed by atoms with van der Waals surface area (Å²) in [5.41, 5.74) is 5.62. The third-order valence-corrected chi connectivity index (χ3v) is 5.16. The van der Waals surface area contributed by atoms with E-state index in [4.69, 9.17) is 21.4 Å². The summed E-state index contributed by atoms with van der Waals surface area (Å²) in [7, 11) is 1.61. The summed E-state index contributed by atoms with van der Waals surface area (Å²) < 4.78 is 11.1. The van der Waals surface area contributed by atoms with Gasteiger partial charge in [0.15, 0.2) is 10.7 Å². The topological polar surface area (TPSA) is 76.4 Å². The van der Waals surface area contributed by atoms with E-state index < -0.39 is 0 Å². The molecule has 0 aliphatic heterocycles. The first kappa shape index (κ1) is 20.6. The maximum Gasteiger partial charge on any atom is 0.257 e. The summed E-state index contributed by atoms with van der Waals surface area (Å²) in [4.78, 5) is 17.0. The summed E-state index contributed by atoms with van der Waals surface area (Å²) >= 11 is 5.31. The lowest BCUT2D eigenvalue weighted by molar-refractivity contribution is 0.0977. The van der Waals surface area contributed by atoms with Gasteiger partial charge >= 0.3 is 0 Å². The van der Waals surface area contributed by atoms with Crippen LogP contribution in [0.1, 0.15) is 21.5 Å². The van der Waals surface area contributed by atoms with Gasteiger partial charge in [-0.2, -0.15) is 0 Å². The molecule has 0 bridgehead atoms. The number of nitrogens with one attached hydrogen (secondary N) is 2. The molecule has 0 aliphatic carbocycles. The number of rotatable bonds is 4. The van der Waals surface area contributed by atoms with Crippen molar-refractivity contribution in [3.8, 4) is 17.2 Å². The lowest BCUT2D eigenvalue weighted by atomic mass is 10.1. The van der Waals surface area contributed by atoms with Crippen LogP contribution in [-0.2, 0) is 0 Å². The van der Waals surface area contributed by atoms with Gasteiger partial charge < -0.3 is 14.5 Å². The molecule has 0 spiro atoms. The zero-order chi connectivity index (χ0) is 22.0. The Morgan fingerprint density at radius 3 is 2.65 bits per heavy atom. The number of nitrogens with zero attached hydrogens (tertiary/aromatic N) is 1. The van der Waals surface area contributed by atoms with Crippen LogP contribution in [-0.4, -0.2) is 23.1 Å². The summed E-state index contributed by atoms with van der Waals surface area (Å²) in [5.74, 6) is 0.939. The van der Waals surface area contributed by atoms with Gasteiger partial charge in [0.1, 0.15) is 11.3 Å². The van der Waals surface area contributed by atoms with Gasteiger partial charge in [-0.1, -0.05) is 12.1 Å². The summed E-state index contributed by atoms with van der Waals surface area (Å²) in [5, 5.41) is 5.96. The molecule has 1 aromatic heterocycles. The van der Waals surface area contributed by atoms with Crippen LogP contribution in [0.5, 0.6) is 5.75 Å². The van der Waals surface area contributed by atoms with E-state index in [9.17, 15) is 4.79 Å². The second-order valence-corrected chi connectivity index (χ2v) is 7.55. The lowest BCUT2D eigenvalue weighted by Crippen LogP contribution is -2.34. The van der Waals surface area contributed by atoms with E-state index in [1.807, 2.05) is 68.4 Å². The van der Waals surface area contributed by atoms with Gasteiger partial charge in [-0.15, -0.1) is 0 Å². The molecule has 1 amide bonds. The van der Waals surface area contributed by atoms with Gasteiger partial charge in [-0.25, -0.2) is 4.98 Å². The van der Waals surface area contributed by atoms with Crippen molar-refractivity contribution in [2.24, 2.45) is 0 Å². The van der Waals surface area contributed by atoms with Crippen molar-refractivity contribution in [3.63, 3.8) is 0 Å². The largest absolute Gasteiger partial charge is 0.497 e. The first-order chi connectivity index (χ1) is 14.9. The van der Waals surface area contributed by atoms with Crippen LogP contribution >= 0.6 is 12.2 Å². The third kappa shape index (κ3) is 4.57. The lowest BCUT2D eigenvalue weighted by Gasteiger charge is -2.11. The van der Waals surface area contributed by atoms with Crippen molar-refractivity contribution in [2.45, 2.75) is 13.8 Å². The molecule has 156 valence electrons. The summed E-state index contributed by atoms with van der Waals surface area (Å²) in [6, 6.07) is 18.5. The molecule has 0 saturated heterocycles. The minimum atomic E-state index is -0.260. The highest BCUT2D eigenvalue weighted by Crippen LogP contribution is 2.28. The normalized spacial score (nSPS) is 10.7. The maximum atomic E-state index is 12.5. The Kier molecular flexibility index (Phi) is 5.68. The smallest absolute Gasteiger partial charge is 0.257 e. The van der Waals surface area contributed by atoms with Gasteiger partial charge in [-0.3, -0.25) is 10.1 Å². The number of methoxy groups -OCH3 is 1. The van der Waals surface area contributed by atoms with Crippen molar-refractivity contribution in [2.75, 3.05) is 12.4 Å². The number of carbonyl (C=O) groups excluding carboxylic acids is 1. The van der Waals surface area contributed by atoms with Gasteiger partial charge in [0.2, 0.25) is 5.89 Å². The number of ether oxygens (including phenoxy) is 1. The van der Waals surface area contributed by atoms with Gasteiger partial charge in [0.05, 0.1) is 7.11 Å². The predicted molar refractivity (Wildman–Crippen MR) is 126 cm³/mol. The van der Waals surface area contributed by atoms with E-state index in [-0.39, 0.29) is 11.0 Å². The Morgan fingerprint density at radius 2 is 1.87 bits per heavy atom. The quantitative estimate of drug-likeness (QED) is 0.430. The summed E-state index contributed by atoms with van der Waals surface area (Å²) in [6.45, 7) is 3.97. The van der Waals surface area contributed by atoms with Crippen molar-refractivity contribution >= 4 is 40.0 Å². The fourth-order valence-electron chi connectivity index (χ4n) is 3.11. The first-order valence-corrected chi connectivity index (χ1v) is 10.1. The average molecular weight is 432 g/mol. The number of amides is 1. The number of fused-ring (bicyclic) bond motifs is 1. The molecule has 6 nitrogen and oxygen atoms in total. The molecule has 7 heteroatoms. The standard InChI is InChI=1S/C24H21N3O3S/c1-14-7-8-16(11-15(14)2)22(28)27-24(31)25-18-6-4-5-17(12-18)23-26-20-13-19(29-3)9-10-21(20)30-23/h4-13H,1-3H3,(H2,25,27,28,31). The van der Waals surface area contributed by atoms with Crippen LogP contribution in [0.25, 0.3) is 22.6 Å². The monoisotopic (exact) mass is 431 g/mol. The molecular weight excluding hydrogens is 410 g/mol. The van der Waals surface area contributed by atoms with E-state index in [2.05, 4.69) is 15.6 Å². The maximum absolute atomic E-state index is 12.5. The third-order valence-electron chi connectivity index (χ3n) is 4.96. The minimum absolute atomic E-state index is 0.211. The Morgan fingerprint density at radius 1 is 1.03 bits per heavy atom. The molecule has 0 unspecified atom stereocenters. The number of oxazole rings is 1. The summed E-state index contributed by atoms with van der Waals surface area (Å²) in [6.07, 6.45) is 0. The van der Waals surface area contributed by atoms with Gasteiger partial charge in [0, 0.05) is 22.9 Å². The fourth-order valence-corrected chi connectivity index (χ4v) is 3.32. The highest BCUT2D eigenvalue weighted by molar-refractivity contribution is 7.80. The first-order valence-electron chi connectivity index (χ1n) is 9.67. The van der Waals surface area contributed by atoms with Crippen LogP contribution in [0.15, 0.2) is 65.1 Å². The number of benzene rings is 3. The van der Waals surface area contributed by atoms with Crippen LogP contribution in [0.2, 0.25) is 0 Å². The van der Waals surface area contributed by atoms with E-state index in [0.717, 1.165) is 16.7 Å². The highest BCUT2D eigenvalue weighted by Gasteiger charge is 2.12. The van der Waals surface area contributed by atoms with Crippen molar-refractivity contribution in [3.05, 3.63) is 77.4 Å². The van der Waals surface area contributed by atoms with E-state index >= 15 is 0 Å². The Labute approximate surface area is 185 Å². The average Bonchev–Trinajstić information content (AvgIpc) is 3.19. The molecule has 0 saturated carbocycles. The van der Waals surface area contributed by atoms with Gasteiger partial charge in [-0.05, 0) is 79.7 Å². The Hall–Kier alpha value is -3.71. The number of hydrogen-bond acceptors (Lipinski definition) is 5. The fraction of sp³-hybridized carbons (Fsp3) is 0.125. The zero-order valence-corrected chi connectivity index (χ0v) is 18.2. The molecule has 4 rings (SSSR count). The molecule has 3 aromatic carbocycles. The second-order valence-electron chi connectivity index (χ2n) is 7.14. The van der Waals surface area contributed by atoms with Crippen LogP contribution < -0.4 is 15.4 Å². The van der Waals surface area contributed by atoms with E-state index in [0.29, 0.717) is 34.0 Å². The predicted octanol–water partition coefficient (Wildman–Crippen LogP) is 5.25. The number of thiocarbonyl (C=S) groups is 1. The zero-order valence-electron chi connectivity index (χ0n) is 17.4. The molecule has 4 aromatic rings. The molecule has 0 fully saturated rings. The van der Waals surface area contributed by atoms with Crippen molar-refractivity contribution in [1.82, 2.24) is 10.3 Å². The van der Waals surface area contributed by atoms with Crippen molar-refractivity contribution in [1.29, 1.82) is 0 Å². The molecule has 1 heterocycles. The minimum Gasteiger partial charge on any atom is -0.497 e. The number of hydrogen-bond donors (Lipinski definition) is 2. The number of anilines is 1. The van der Waals surface area contributed by atoms with Crippen LogP contribution in [0.4, 0.5) is 5.69 Å². The Bertz CT molecular complexity index is 1300. The number of aryl methyl sites for hydroxylation is 2.